The number of ketones is 1. The molecule has 0 bridgehead atoms. The van der Waals surface area contributed by atoms with Crippen molar-refractivity contribution in [1.82, 2.24) is 0 Å². The summed E-state index contributed by atoms with van der Waals surface area (Å²) in [5.74, 6) is 1.99. The van der Waals surface area contributed by atoms with Crippen molar-refractivity contribution in [3.63, 3.8) is 0 Å². The number of aldehydes is 1. The van der Waals surface area contributed by atoms with Gasteiger partial charge in [0.15, 0.2) is 0 Å². The average molecular weight is 467 g/mol. The largest absolute Gasteiger partial charge is 0.303 e. The van der Waals surface area contributed by atoms with Gasteiger partial charge >= 0.3 is 0 Å². The fourth-order valence-corrected chi connectivity index (χ4v) is 11.1. The molecule has 5 aliphatic rings. The van der Waals surface area contributed by atoms with Gasteiger partial charge in [0.25, 0.3) is 0 Å². The van der Waals surface area contributed by atoms with E-state index in [2.05, 4.69) is 48.5 Å². The number of fused-ring (bicyclic) bond motifs is 6. The molecular weight excluding hydrogens is 416 g/mol. The lowest BCUT2D eigenvalue weighted by atomic mass is 9.33. The van der Waals surface area contributed by atoms with Gasteiger partial charge in [-0.1, -0.05) is 59.6 Å². The summed E-state index contributed by atoms with van der Waals surface area (Å²) in [4.78, 5) is 25.2. The van der Waals surface area contributed by atoms with Crippen molar-refractivity contribution in [3.8, 4) is 0 Å². The van der Waals surface area contributed by atoms with E-state index >= 15 is 0 Å². The number of allylic oxidation sites excluding steroid dienone is 2. The standard InChI is InChI=1S/C32H50O2/c1-21(34)32-17-15-27(2,3)19-24(32)23-9-10-26-29(6)13-11-22(20-33)28(4,5)25(29)12-14-31(26,8)30(23,7)16-18-32/h20,22,25-26H,9-19H2,1-8H3/t22-,25+,26-,29+,30-,31-,32-/m1/s1. The minimum absolute atomic E-state index is 0.0967. The van der Waals surface area contributed by atoms with Crippen molar-refractivity contribution in [2.45, 2.75) is 126 Å². The summed E-state index contributed by atoms with van der Waals surface area (Å²) in [6.07, 6.45) is 14.1. The Kier molecular flexibility index (Phi) is 5.33. The van der Waals surface area contributed by atoms with E-state index in [-0.39, 0.29) is 27.6 Å². The fourth-order valence-electron chi connectivity index (χ4n) is 11.1. The molecule has 5 aliphatic carbocycles. The maximum Gasteiger partial charge on any atom is 0.140 e. The quantitative estimate of drug-likeness (QED) is 0.303. The fraction of sp³-hybridized carbons (Fsp3) is 0.875. The molecule has 0 aliphatic heterocycles. The molecular formula is C32H50O2. The zero-order chi connectivity index (χ0) is 24.9. The maximum absolute atomic E-state index is 13.2. The highest BCUT2D eigenvalue weighted by Gasteiger charge is 2.67. The monoisotopic (exact) mass is 466 g/mol. The van der Waals surface area contributed by atoms with Crippen LogP contribution in [-0.4, -0.2) is 12.1 Å². The molecule has 4 fully saturated rings. The van der Waals surface area contributed by atoms with Gasteiger partial charge in [0.1, 0.15) is 12.1 Å². The van der Waals surface area contributed by atoms with E-state index in [1.165, 1.54) is 51.2 Å². The first-order valence-corrected chi connectivity index (χ1v) is 14.4. The van der Waals surface area contributed by atoms with Crippen LogP contribution in [0.5, 0.6) is 0 Å². The highest BCUT2D eigenvalue weighted by Crippen LogP contribution is 2.76. The van der Waals surface area contributed by atoms with Gasteiger partial charge in [0.2, 0.25) is 0 Å². The number of carbonyl (C=O) groups excluding carboxylic acids is 2. The third-order valence-corrected chi connectivity index (χ3v) is 13.5. The second-order valence-electron chi connectivity index (χ2n) is 15.5. The minimum Gasteiger partial charge on any atom is -0.303 e. The topological polar surface area (TPSA) is 34.1 Å². The Hall–Kier alpha value is -0.920. The molecule has 2 nitrogen and oxygen atoms in total. The van der Waals surface area contributed by atoms with Crippen molar-refractivity contribution in [2.24, 2.45) is 50.2 Å². The second kappa shape index (κ2) is 7.32. The SMILES string of the molecule is CC(=O)[C@]12CCC(C)(C)CC1=C1CC[C@@H]3[C@@]4(C)CC[C@H](C=O)C(C)(C)[C@@H]4CC[C@@]3(C)[C@]1(C)CC2. The number of Topliss-reactive ketones (excluding diaryl/α,β-unsaturated/α-hetero) is 1. The van der Waals surface area contributed by atoms with Crippen molar-refractivity contribution in [3.05, 3.63) is 11.1 Å². The Morgan fingerprint density at radius 1 is 0.794 bits per heavy atom. The van der Waals surface area contributed by atoms with E-state index in [0.717, 1.165) is 25.7 Å². The molecule has 0 saturated heterocycles. The van der Waals surface area contributed by atoms with Crippen LogP contribution in [-0.2, 0) is 9.59 Å². The van der Waals surface area contributed by atoms with Crippen LogP contribution in [0.15, 0.2) is 11.1 Å². The van der Waals surface area contributed by atoms with E-state index in [9.17, 15) is 9.59 Å². The van der Waals surface area contributed by atoms with Crippen molar-refractivity contribution < 1.29 is 9.59 Å². The van der Waals surface area contributed by atoms with Gasteiger partial charge in [0.05, 0.1) is 0 Å². The molecule has 0 unspecified atom stereocenters. The summed E-state index contributed by atoms with van der Waals surface area (Å²) in [6, 6.07) is 0. The summed E-state index contributed by atoms with van der Waals surface area (Å²) in [7, 11) is 0. The van der Waals surface area contributed by atoms with E-state index in [4.69, 9.17) is 0 Å². The maximum atomic E-state index is 13.2. The van der Waals surface area contributed by atoms with Crippen LogP contribution in [0, 0.1) is 50.2 Å². The van der Waals surface area contributed by atoms with Gasteiger partial charge in [-0.05, 0) is 116 Å². The minimum atomic E-state index is -0.168. The Morgan fingerprint density at radius 2 is 1.47 bits per heavy atom. The summed E-state index contributed by atoms with van der Waals surface area (Å²) in [5.41, 5.74) is 4.34. The zero-order valence-corrected chi connectivity index (χ0v) is 23.4. The van der Waals surface area contributed by atoms with E-state index in [0.29, 0.717) is 28.4 Å². The number of rotatable bonds is 2. The van der Waals surface area contributed by atoms with E-state index in [1.807, 2.05) is 6.92 Å². The van der Waals surface area contributed by atoms with Crippen LogP contribution in [0.4, 0.5) is 0 Å². The average Bonchev–Trinajstić information content (AvgIpc) is 2.73. The molecule has 190 valence electrons. The molecule has 0 heterocycles. The van der Waals surface area contributed by atoms with Crippen molar-refractivity contribution in [1.29, 1.82) is 0 Å². The molecule has 0 aromatic heterocycles. The molecule has 0 aromatic rings. The van der Waals surface area contributed by atoms with Gasteiger partial charge in [-0.3, -0.25) is 4.79 Å². The number of carbonyl (C=O) groups is 2. The smallest absolute Gasteiger partial charge is 0.140 e. The van der Waals surface area contributed by atoms with Crippen LogP contribution in [0.2, 0.25) is 0 Å². The van der Waals surface area contributed by atoms with Gasteiger partial charge in [-0.15, -0.1) is 0 Å². The molecule has 0 amide bonds. The van der Waals surface area contributed by atoms with Crippen LogP contribution in [0.3, 0.4) is 0 Å². The Bertz CT molecular complexity index is 939. The lowest BCUT2D eigenvalue weighted by Crippen LogP contribution is -2.63. The third kappa shape index (κ3) is 2.92. The van der Waals surface area contributed by atoms with E-state index in [1.54, 1.807) is 11.1 Å². The zero-order valence-electron chi connectivity index (χ0n) is 23.4. The van der Waals surface area contributed by atoms with Crippen molar-refractivity contribution >= 4 is 12.1 Å². The van der Waals surface area contributed by atoms with Crippen LogP contribution in [0.1, 0.15) is 126 Å². The van der Waals surface area contributed by atoms with Crippen LogP contribution < -0.4 is 0 Å². The van der Waals surface area contributed by atoms with Gasteiger partial charge in [0, 0.05) is 11.3 Å². The van der Waals surface area contributed by atoms with Gasteiger partial charge in [-0.25, -0.2) is 0 Å². The second-order valence-corrected chi connectivity index (χ2v) is 15.5. The molecule has 4 saturated carbocycles. The summed E-state index contributed by atoms with van der Waals surface area (Å²) < 4.78 is 0. The Labute approximate surface area is 209 Å². The lowest BCUT2D eigenvalue weighted by Gasteiger charge is -2.71. The Balaban J connectivity index is 1.61. The van der Waals surface area contributed by atoms with Gasteiger partial charge < -0.3 is 4.79 Å². The summed E-state index contributed by atoms with van der Waals surface area (Å²) in [6.45, 7) is 19.4. The molecule has 0 radical (unpaired) electrons. The highest BCUT2D eigenvalue weighted by atomic mass is 16.1. The first-order chi connectivity index (χ1) is 15.7. The highest BCUT2D eigenvalue weighted by molar-refractivity contribution is 5.86. The molecule has 34 heavy (non-hydrogen) atoms. The first-order valence-electron chi connectivity index (χ1n) is 14.4. The Morgan fingerprint density at radius 3 is 2.12 bits per heavy atom. The van der Waals surface area contributed by atoms with Gasteiger partial charge in [-0.2, -0.15) is 0 Å². The normalized spacial score (nSPS) is 49.2. The number of hydrogen-bond donors (Lipinski definition) is 0. The number of hydrogen-bond acceptors (Lipinski definition) is 2. The predicted octanol–water partition coefficient (Wildman–Crippen LogP) is 8.34. The summed E-state index contributed by atoms with van der Waals surface area (Å²) >= 11 is 0. The molecule has 2 heteroatoms. The molecule has 5 rings (SSSR count). The molecule has 0 N–H and O–H groups in total. The summed E-state index contributed by atoms with van der Waals surface area (Å²) in [5, 5.41) is 0. The molecule has 0 aromatic carbocycles. The lowest BCUT2D eigenvalue weighted by molar-refractivity contribution is -0.192. The predicted molar refractivity (Wildman–Crippen MR) is 139 cm³/mol. The first kappa shape index (κ1) is 24.8. The van der Waals surface area contributed by atoms with Crippen molar-refractivity contribution in [2.75, 3.05) is 0 Å². The molecule has 0 spiro atoms. The van der Waals surface area contributed by atoms with Crippen LogP contribution in [0.25, 0.3) is 0 Å². The molecule has 7 atom stereocenters. The third-order valence-electron chi connectivity index (χ3n) is 13.5. The van der Waals surface area contributed by atoms with Crippen LogP contribution >= 0.6 is 0 Å². The van der Waals surface area contributed by atoms with E-state index < -0.39 is 0 Å².